The minimum Gasteiger partial charge on any atom is -0.483 e. The molecule has 2 heterocycles. The van der Waals surface area contributed by atoms with Gasteiger partial charge in [-0.2, -0.15) is 0 Å². The summed E-state index contributed by atoms with van der Waals surface area (Å²) in [6.07, 6.45) is 2.28. The third-order valence-electron chi connectivity index (χ3n) is 5.17. The largest absolute Gasteiger partial charge is 0.483 e. The lowest BCUT2D eigenvalue weighted by atomic mass is 10.2. The van der Waals surface area contributed by atoms with Gasteiger partial charge in [0.2, 0.25) is 5.91 Å². The first kappa shape index (κ1) is 22.5. The van der Waals surface area contributed by atoms with Gasteiger partial charge >= 0.3 is 0 Å². The highest BCUT2D eigenvalue weighted by atomic mass is 35.5. The number of rotatable bonds is 6. The van der Waals surface area contributed by atoms with Gasteiger partial charge in [-0.25, -0.2) is 0 Å². The molecule has 0 saturated carbocycles. The Bertz CT molecular complexity index is 623. The van der Waals surface area contributed by atoms with E-state index in [0.29, 0.717) is 6.04 Å². The molecule has 8 heteroatoms. The van der Waals surface area contributed by atoms with Crippen molar-refractivity contribution in [1.29, 1.82) is 0 Å². The maximum absolute atomic E-state index is 11.1. The first-order valence-corrected chi connectivity index (χ1v) is 10.2. The molecule has 2 fully saturated rings. The van der Waals surface area contributed by atoms with E-state index in [1.807, 2.05) is 12.1 Å². The maximum atomic E-state index is 11.1. The highest BCUT2D eigenvalue weighted by molar-refractivity contribution is 6.30. The third kappa shape index (κ3) is 7.66. The van der Waals surface area contributed by atoms with Gasteiger partial charge in [-0.05, 0) is 44.1 Å². The van der Waals surface area contributed by atoms with Crippen molar-refractivity contribution in [3.8, 4) is 0 Å². The van der Waals surface area contributed by atoms with E-state index in [0.717, 1.165) is 63.8 Å². The van der Waals surface area contributed by atoms with Crippen molar-refractivity contribution in [3.05, 3.63) is 29.3 Å². The molecular weight excluding hydrogens is 380 g/mol. The molecule has 1 amide bonds. The van der Waals surface area contributed by atoms with Crippen molar-refractivity contribution in [2.75, 3.05) is 57.3 Å². The van der Waals surface area contributed by atoms with E-state index >= 15 is 0 Å². The van der Waals surface area contributed by atoms with Crippen LogP contribution in [-0.2, 0) is 9.59 Å². The molecule has 2 saturated heterocycles. The van der Waals surface area contributed by atoms with E-state index in [9.17, 15) is 4.79 Å². The predicted octanol–water partition coefficient (Wildman–Crippen LogP) is 1.76. The smallest absolute Gasteiger partial charge is 0.290 e. The number of likely N-dealkylation sites (tertiary alicyclic amines) is 1. The fourth-order valence-corrected chi connectivity index (χ4v) is 4.05. The minimum atomic E-state index is -0.250. The van der Waals surface area contributed by atoms with E-state index < -0.39 is 0 Å². The van der Waals surface area contributed by atoms with Crippen molar-refractivity contribution in [2.45, 2.75) is 25.8 Å². The van der Waals surface area contributed by atoms with Crippen molar-refractivity contribution in [3.63, 3.8) is 0 Å². The zero-order valence-electron chi connectivity index (χ0n) is 16.5. The topological polar surface area (TPSA) is 76.1 Å². The number of carbonyl (C=O) groups is 2. The number of carboxylic acid groups (broad SMARTS) is 1. The fourth-order valence-electron chi connectivity index (χ4n) is 3.86. The molecule has 1 aromatic carbocycles. The zero-order valence-corrected chi connectivity index (χ0v) is 17.3. The number of benzene rings is 1. The molecule has 2 N–H and O–H groups in total. The van der Waals surface area contributed by atoms with Gasteiger partial charge in [0.1, 0.15) is 0 Å². The molecule has 2 aliphatic heterocycles. The zero-order chi connectivity index (χ0) is 20.4. The van der Waals surface area contributed by atoms with Gasteiger partial charge in [-0.1, -0.05) is 17.7 Å². The molecule has 0 aliphatic carbocycles. The Morgan fingerprint density at radius 2 is 1.89 bits per heavy atom. The van der Waals surface area contributed by atoms with E-state index in [-0.39, 0.29) is 12.4 Å². The molecule has 0 spiro atoms. The Morgan fingerprint density at radius 3 is 2.54 bits per heavy atom. The highest BCUT2D eigenvalue weighted by Crippen LogP contribution is 2.20. The van der Waals surface area contributed by atoms with Crippen LogP contribution in [0.5, 0.6) is 0 Å². The van der Waals surface area contributed by atoms with Crippen molar-refractivity contribution in [1.82, 2.24) is 15.1 Å². The molecule has 3 rings (SSSR count). The lowest BCUT2D eigenvalue weighted by Crippen LogP contribution is -2.47. The maximum Gasteiger partial charge on any atom is 0.290 e. The van der Waals surface area contributed by atoms with E-state index in [4.69, 9.17) is 21.5 Å². The molecule has 2 aliphatic rings. The van der Waals surface area contributed by atoms with Crippen LogP contribution in [0.15, 0.2) is 24.3 Å². The standard InChI is InChI=1S/C19H29ClN4O.CH2O2/c1-16(25)21-18-6-9-23(15-18)8-3-7-22-10-12-24(13-11-22)19-5-2-4-17(20)14-19;2-1-3/h2,4-5,14,18H,3,6-13,15H2,1H3,(H,21,25);1H,(H,2,3). The summed E-state index contributed by atoms with van der Waals surface area (Å²) >= 11 is 6.10. The van der Waals surface area contributed by atoms with Crippen LogP contribution in [-0.4, -0.2) is 85.7 Å². The van der Waals surface area contributed by atoms with Crippen LogP contribution in [0, 0.1) is 0 Å². The number of nitrogens with zero attached hydrogens (tertiary/aromatic N) is 3. The summed E-state index contributed by atoms with van der Waals surface area (Å²) < 4.78 is 0. The van der Waals surface area contributed by atoms with Crippen LogP contribution in [0.25, 0.3) is 0 Å². The SMILES string of the molecule is CC(=O)NC1CCN(CCCN2CCN(c3cccc(Cl)c3)CC2)C1.O=CO. The summed E-state index contributed by atoms with van der Waals surface area (Å²) in [5.74, 6) is 0.0874. The van der Waals surface area contributed by atoms with E-state index in [1.54, 1.807) is 6.92 Å². The molecule has 1 aromatic rings. The monoisotopic (exact) mass is 410 g/mol. The molecule has 1 unspecified atom stereocenters. The number of nitrogens with one attached hydrogen (secondary N) is 1. The second kappa shape index (κ2) is 11.9. The molecule has 0 radical (unpaired) electrons. The second-order valence-corrected chi connectivity index (χ2v) is 7.69. The number of piperazine rings is 1. The van der Waals surface area contributed by atoms with Crippen LogP contribution < -0.4 is 10.2 Å². The number of hydrogen-bond acceptors (Lipinski definition) is 5. The van der Waals surface area contributed by atoms with Crippen LogP contribution in [0.4, 0.5) is 5.69 Å². The van der Waals surface area contributed by atoms with Crippen molar-refractivity contribution < 1.29 is 14.7 Å². The quantitative estimate of drug-likeness (QED) is 0.696. The van der Waals surface area contributed by atoms with Gasteiger partial charge < -0.3 is 20.2 Å². The number of hydrogen-bond donors (Lipinski definition) is 2. The van der Waals surface area contributed by atoms with E-state index in [2.05, 4.69) is 32.1 Å². The third-order valence-corrected chi connectivity index (χ3v) is 5.41. The second-order valence-electron chi connectivity index (χ2n) is 7.25. The molecule has 156 valence electrons. The van der Waals surface area contributed by atoms with Crippen LogP contribution in [0.1, 0.15) is 19.8 Å². The first-order chi connectivity index (χ1) is 13.5. The summed E-state index contributed by atoms with van der Waals surface area (Å²) in [5, 5.41) is 10.7. The normalized spacial score (nSPS) is 20.4. The molecular formula is C20H31ClN4O3. The Balaban J connectivity index is 0.000000878. The fraction of sp³-hybridized carbons (Fsp3) is 0.600. The summed E-state index contributed by atoms with van der Waals surface area (Å²) in [4.78, 5) is 26.9. The lowest BCUT2D eigenvalue weighted by Gasteiger charge is -2.36. The first-order valence-electron chi connectivity index (χ1n) is 9.82. The van der Waals surface area contributed by atoms with E-state index in [1.165, 1.54) is 12.1 Å². The molecule has 0 aromatic heterocycles. The molecule has 28 heavy (non-hydrogen) atoms. The van der Waals surface area contributed by atoms with Crippen molar-refractivity contribution in [2.24, 2.45) is 0 Å². The van der Waals surface area contributed by atoms with Gasteiger partial charge in [0.15, 0.2) is 0 Å². The summed E-state index contributed by atoms with van der Waals surface area (Å²) in [5.41, 5.74) is 1.23. The van der Waals surface area contributed by atoms with Gasteiger partial charge in [0.05, 0.1) is 0 Å². The van der Waals surface area contributed by atoms with Gasteiger partial charge in [-0.3, -0.25) is 14.5 Å². The Hall–Kier alpha value is -1.83. The van der Waals surface area contributed by atoms with Gasteiger partial charge in [0, 0.05) is 62.9 Å². The van der Waals surface area contributed by atoms with Crippen LogP contribution in [0.3, 0.4) is 0 Å². The van der Waals surface area contributed by atoms with Crippen LogP contribution >= 0.6 is 11.6 Å². The number of halogens is 1. The lowest BCUT2D eigenvalue weighted by molar-refractivity contribution is -0.123. The summed E-state index contributed by atoms with van der Waals surface area (Å²) in [6, 6.07) is 8.49. The number of anilines is 1. The van der Waals surface area contributed by atoms with Crippen LogP contribution in [0.2, 0.25) is 5.02 Å². The average Bonchev–Trinajstić information content (AvgIpc) is 3.09. The predicted molar refractivity (Wildman–Crippen MR) is 112 cm³/mol. The number of carbonyl (C=O) groups excluding carboxylic acids is 1. The van der Waals surface area contributed by atoms with Gasteiger partial charge in [-0.15, -0.1) is 0 Å². The van der Waals surface area contributed by atoms with Gasteiger partial charge in [0.25, 0.3) is 6.47 Å². The Labute approximate surface area is 172 Å². The number of amides is 1. The highest BCUT2D eigenvalue weighted by Gasteiger charge is 2.23. The minimum absolute atomic E-state index is 0.0874. The molecule has 1 atom stereocenters. The summed E-state index contributed by atoms with van der Waals surface area (Å²) in [7, 11) is 0. The Kier molecular flexibility index (Phi) is 9.54. The molecule has 0 bridgehead atoms. The van der Waals surface area contributed by atoms with Crippen molar-refractivity contribution >= 4 is 29.7 Å². The summed E-state index contributed by atoms with van der Waals surface area (Å²) in [6.45, 7) is 10.1. The average molecular weight is 411 g/mol. The molecule has 7 nitrogen and oxygen atoms in total. The Morgan fingerprint density at radius 1 is 1.21 bits per heavy atom.